The fourth-order valence-electron chi connectivity index (χ4n) is 4.43. The van der Waals surface area contributed by atoms with Crippen LogP contribution in [0.3, 0.4) is 0 Å². The lowest BCUT2D eigenvalue weighted by molar-refractivity contribution is -0.148. The van der Waals surface area contributed by atoms with Crippen LogP contribution in [0, 0.1) is 5.41 Å². The fourth-order valence-corrected chi connectivity index (χ4v) is 4.43. The summed E-state index contributed by atoms with van der Waals surface area (Å²) in [5.41, 5.74) is 1.41. The van der Waals surface area contributed by atoms with E-state index in [1.165, 1.54) is 19.3 Å². The van der Waals surface area contributed by atoms with Crippen LogP contribution in [-0.2, 0) is 17.8 Å². The maximum atomic E-state index is 12.6. The molecule has 2 atom stereocenters. The number of urea groups is 1. The van der Waals surface area contributed by atoms with Crippen LogP contribution in [0.2, 0.25) is 0 Å². The van der Waals surface area contributed by atoms with Crippen molar-refractivity contribution in [1.29, 1.82) is 0 Å². The van der Waals surface area contributed by atoms with E-state index in [1.54, 1.807) is 0 Å². The predicted octanol–water partition coefficient (Wildman–Crippen LogP) is 2.15. The van der Waals surface area contributed by atoms with Crippen molar-refractivity contribution in [2.24, 2.45) is 5.41 Å². The SMILES string of the molecule is CCn1cc(CNC(=O)N2CC3(CCC3)C2C2CCCO2)cn1. The Balaban J connectivity index is 1.37. The number of carbonyl (C=O) groups excluding carboxylic acids is 1. The molecule has 6 nitrogen and oxygen atoms in total. The maximum absolute atomic E-state index is 12.6. The second-order valence-electron chi connectivity index (χ2n) is 7.20. The first-order valence-corrected chi connectivity index (χ1v) is 8.89. The van der Waals surface area contributed by atoms with Gasteiger partial charge in [0.15, 0.2) is 0 Å². The van der Waals surface area contributed by atoms with Gasteiger partial charge < -0.3 is 15.0 Å². The first-order chi connectivity index (χ1) is 11.2. The van der Waals surface area contributed by atoms with Crippen LogP contribution >= 0.6 is 0 Å². The Morgan fingerprint density at radius 2 is 2.35 bits per heavy atom. The standard InChI is InChI=1S/C17H26N4O2/c1-2-20-11-13(10-19-20)9-18-16(22)21-12-17(6-4-7-17)15(21)14-5-3-8-23-14/h10-11,14-15H,2-9,12H2,1H3,(H,18,22). The van der Waals surface area contributed by atoms with Crippen molar-refractivity contribution in [2.75, 3.05) is 13.2 Å². The summed E-state index contributed by atoms with van der Waals surface area (Å²) in [5, 5.41) is 7.30. The molecule has 2 unspecified atom stereocenters. The number of carbonyl (C=O) groups is 1. The summed E-state index contributed by atoms with van der Waals surface area (Å²) in [6.07, 6.45) is 10.1. The smallest absolute Gasteiger partial charge is 0.318 e. The zero-order valence-corrected chi connectivity index (χ0v) is 13.8. The predicted molar refractivity (Wildman–Crippen MR) is 85.9 cm³/mol. The minimum absolute atomic E-state index is 0.0484. The molecule has 2 aliphatic heterocycles. The van der Waals surface area contributed by atoms with Crippen LogP contribution in [0.1, 0.15) is 44.6 Å². The Hall–Kier alpha value is -1.56. The zero-order chi connectivity index (χ0) is 15.9. The van der Waals surface area contributed by atoms with Gasteiger partial charge in [-0.25, -0.2) is 4.79 Å². The number of rotatable bonds is 4. The van der Waals surface area contributed by atoms with E-state index in [2.05, 4.69) is 17.3 Å². The molecule has 1 aliphatic carbocycles. The highest BCUT2D eigenvalue weighted by Gasteiger charge is 2.60. The monoisotopic (exact) mass is 318 g/mol. The van der Waals surface area contributed by atoms with Crippen LogP contribution in [0.15, 0.2) is 12.4 Å². The minimum atomic E-state index is 0.0484. The average Bonchev–Trinajstić information content (AvgIpc) is 3.13. The van der Waals surface area contributed by atoms with E-state index in [9.17, 15) is 4.79 Å². The van der Waals surface area contributed by atoms with Crippen LogP contribution in [0.5, 0.6) is 0 Å². The van der Waals surface area contributed by atoms with Gasteiger partial charge in [0.1, 0.15) is 0 Å². The quantitative estimate of drug-likeness (QED) is 0.925. The number of likely N-dealkylation sites (tertiary alicyclic amines) is 1. The summed E-state index contributed by atoms with van der Waals surface area (Å²) in [6, 6.07) is 0.337. The summed E-state index contributed by atoms with van der Waals surface area (Å²) >= 11 is 0. The molecule has 1 saturated carbocycles. The summed E-state index contributed by atoms with van der Waals surface area (Å²) in [7, 11) is 0. The van der Waals surface area contributed by atoms with Crippen molar-refractivity contribution in [1.82, 2.24) is 20.0 Å². The molecule has 126 valence electrons. The molecule has 2 amide bonds. The highest BCUT2D eigenvalue weighted by Crippen LogP contribution is 2.55. The van der Waals surface area contributed by atoms with Crippen LogP contribution in [-0.4, -0.2) is 46.0 Å². The van der Waals surface area contributed by atoms with Gasteiger partial charge in [-0.15, -0.1) is 0 Å². The molecule has 3 heterocycles. The van der Waals surface area contributed by atoms with Gasteiger partial charge in [0.25, 0.3) is 0 Å². The Labute approximate surface area is 137 Å². The number of amides is 2. The lowest BCUT2D eigenvalue weighted by Gasteiger charge is -2.63. The molecule has 1 aromatic heterocycles. The topological polar surface area (TPSA) is 59.4 Å². The Kier molecular flexibility index (Phi) is 3.79. The molecule has 3 aliphatic rings. The van der Waals surface area contributed by atoms with E-state index in [-0.39, 0.29) is 18.2 Å². The summed E-state index contributed by atoms with van der Waals surface area (Å²) in [5.74, 6) is 0. The van der Waals surface area contributed by atoms with E-state index in [0.717, 1.165) is 38.1 Å². The van der Waals surface area contributed by atoms with Gasteiger partial charge in [0, 0.05) is 43.4 Å². The van der Waals surface area contributed by atoms with Gasteiger partial charge in [-0.3, -0.25) is 4.68 Å². The van der Waals surface area contributed by atoms with Gasteiger partial charge in [-0.1, -0.05) is 6.42 Å². The van der Waals surface area contributed by atoms with Crippen molar-refractivity contribution in [2.45, 2.75) is 64.3 Å². The van der Waals surface area contributed by atoms with Crippen LogP contribution in [0.25, 0.3) is 0 Å². The van der Waals surface area contributed by atoms with Gasteiger partial charge in [-0.2, -0.15) is 5.10 Å². The molecule has 0 aromatic carbocycles. The van der Waals surface area contributed by atoms with Gasteiger partial charge in [0.2, 0.25) is 0 Å². The third kappa shape index (κ3) is 2.53. The summed E-state index contributed by atoms with van der Waals surface area (Å²) < 4.78 is 7.79. The molecule has 3 fully saturated rings. The second kappa shape index (κ2) is 5.82. The molecule has 1 aromatic rings. The molecule has 1 N–H and O–H groups in total. The third-order valence-corrected chi connectivity index (χ3v) is 5.83. The van der Waals surface area contributed by atoms with Crippen molar-refractivity contribution in [3.05, 3.63) is 18.0 Å². The number of ether oxygens (including phenoxy) is 1. The van der Waals surface area contributed by atoms with Crippen LogP contribution < -0.4 is 5.32 Å². The summed E-state index contributed by atoms with van der Waals surface area (Å²) in [4.78, 5) is 14.6. The van der Waals surface area contributed by atoms with Crippen molar-refractivity contribution in [3.63, 3.8) is 0 Å². The number of hydrogen-bond donors (Lipinski definition) is 1. The van der Waals surface area contributed by atoms with Gasteiger partial charge in [-0.05, 0) is 32.6 Å². The number of nitrogens with one attached hydrogen (secondary N) is 1. The molecule has 1 spiro atoms. The molecule has 2 saturated heterocycles. The summed E-state index contributed by atoms with van der Waals surface area (Å²) in [6.45, 7) is 5.20. The normalized spacial score (nSPS) is 28.5. The molecular formula is C17H26N4O2. The second-order valence-corrected chi connectivity index (χ2v) is 7.20. The van der Waals surface area contributed by atoms with E-state index in [1.807, 2.05) is 22.0 Å². The molecular weight excluding hydrogens is 292 g/mol. The molecule has 0 radical (unpaired) electrons. The Morgan fingerprint density at radius 1 is 1.48 bits per heavy atom. The average molecular weight is 318 g/mol. The molecule has 6 heteroatoms. The number of hydrogen-bond acceptors (Lipinski definition) is 3. The highest BCUT2D eigenvalue weighted by molar-refractivity contribution is 5.76. The number of aromatic nitrogens is 2. The Morgan fingerprint density at radius 3 is 2.96 bits per heavy atom. The fraction of sp³-hybridized carbons (Fsp3) is 0.765. The van der Waals surface area contributed by atoms with E-state index < -0.39 is 0 Å². The molecule has 23 heavy (non-hydrogen) atoms. The maximum Gasteiger partial charge on any atom is 0.318 e. The molecule has 4 rings (SSSR count). The van der Waals surface area contributed by atoms with Gasteiger partial charge >= 0.3 is 6.03 Å². The van der Waals surface area contributed by atoms with E-state index >= 15 is 0 Å². The third-order valence-electron chi connectivity index (χ3n) is 5.83. The molecule has 0 bridgehead atoms. The Bertz CT molecular complexity index is 575. The van der Waals surface area contributed by atoms with E-state index in [0.29, 0.717) is 12.0 Å². The first-order valence-electron chi connectivity index (χ1n) is 8.89. The largest absolute Gasteiger partial charge is 0.376 e. The highest BCUT2D eigenvalue weighted by atomic mass is 16.5. The zero-order valence-electron chi connectivity index (χ0n) is 13.8. The minimum Gasteiger partial charge on any atom is -0.376 e. The lowest BCUT2D eigenvalue weighted by Crippen LogP contribution is -2.73. The first kappa shape index (κ1) is 15.0. The van der Waals surface area contributed by atoms with E-state index in [4.69, 9.17) is 4.74 Å². The van der Waals surface area contributed by atoms with Gasteiger partial charge in [0.05, 0.1) is 18.3 Å². The number of aryl methyl sites for hydroxylation is 1. The van der Waals surface area contributed by atoms with Crippen molar-refractivity contribution in [3.8, 4) is 0 Å². The van der Waals surface area contributed by atoms with Crippen LogP contribution in [0.4, 0.5) is 4.79 Å². The number of nitrogens with zero attached hydrogens (tertiary/aromatic N) is 3. The van der Waals surface area contributed by atoms with Crippen molar-refractivity contribution >= 4 is 6.03 Å². The van der Waals surface area contributed by atoms with Crippen molar-refractivity contribution < 1.29 is 9.53 Å². The lowest BCUT2D eigenvalue weighted by atomic mass is 9.56.